The van der Waals surface area contributed by atoms with Crippen LogP contribution in [0.5, 0.6) is 0 Å². The molecule has 0 aliphatic carbocycles. The van der Waals surface area contributed by atoms with Crippen LogP contribution in [-0.4, -0.2) is 65.5 Å². The van der Waals surface area contributed by atoms with Gasteiger partial charge in [-0.15, -0.1) is 0 Å². The van der Waals surface area contributed by atoms with Crippen molar-refractivity contribution >= 4 is 11.8 Å². The van der Waals surface area contributed by atoms with Gasteiger partial charge in [0.15, 0.2) is 0 Å². The molecule has 2 fully saturated rings. The summed E-state index contributed by atoms with van der Waals surface area (Å²) in [6.07, 6.45) is 2.94. The fraction of sp³-hybridized carbons (Fsp3) is 0.588. The van der Waals surface area contributed by atoms with Crippen molar-refractivity contribution < 1.29 is 14.3 Å². The molecule has 3 heterocycles. The Labute approximate surface area is 136 Å². The van der Waals surface area contributed by atoms with Crippen LogP contribution >= 0.6 is 0 Å². The highest BCUT2D eigenvalue weighted by Crippen LogP contribution is 2.24. The third-order valence-corrected chi connectivity index (χ3v) is 4.70. The average molecular weight is 317 g/mol. The molecule has 0 N–H and O–H groups in total. The third-order valence-electron chi connectivity index (χ3n) is 4.70. The van der Waals surface area contributed by atoms with Crippen LogP contribution in [0.25, 0.3) is 0 Å². The van der Waals surface area contributed by atoms with E-state index >= 15 is 0 Å². The van der Waals surface area contributed by atoms with Crippen molar-refractivity contribution in [3.05, 3.63) is 30.1 Å². The average Bonchev–Trinajstić information content (AvgIpc) is 2.77. The van der Waals surface area contributed by atoms with Gasteiger partial charge in [-0.3, -0.25) is 14.6 Å². The molecule has 2 atom stereocenters. The number of aromatic nitrogens is 1. The van der Waals surface area contributed by atoms with Crippen molar-refractivity contribution in [2.24, 2.45) is 5.92 Å². The number of piperidine rings is 1. The lowest BCUT2D eigenvalue weighted by Crippen LogP contribution is -2.49. The Morgan fingerprint density at radius 1 is 1.26 bits per heavy atom. The molecule has 0 bridgehead atoms. The van der Waals surface area contributed by atoms with Gasteiger partial charge < -0.3 is 14.5 Å². The van der Waals surface area contributed by atoms with Crippen LogP contribution in [0.3, 0.4) is 0 Å². The Bertz CT molecular complexity index is 563. The van der Waals surface area contributed by atoms with Crippen molar-refractivity contribution in [1.82, 2.24) is 14.8 Å². The maximum absolute atomic E-state index is 12.5. The van der Waals surface area contributed by atoms with Crippen molar-refractivity contribution in [2.45, 2.75) is 25.9 Å². The minimum absolute atomic E-state index is 0.0285. The van der Waals surface area contributed by atoms with E-state index in [1.165, 1.54) is 0 Å². The van der Waals surface area contributed by atoms with E-state index in [1.54, 1.807) is 13.1 Å². The number of likely N-dealkylation sites (tertiary alicyclic amines) is 1. The number of fused-ring (bicyclic) bond motifs is 1. The molecule has 1 aromatic heterocycles. The normalized spacial score (nSPS) is 24.7. The minimum atomic E-state index is 0.0285. The molecule has 23 heavy (non-hydrogen) atoms. The van der Waals surface area contributed by atoms with Gasteiger partial charge in [0.05, 0.1) is 19.1 Å². The van der Waals surface area contributed by atoms with Gasteiger partial charge in [0.1, 0.15) is 0 Å². The molecule has 124 valence electrons. The second-order valence-corrected chi connectivity index (χ2v) is 6.26. The van der Waals surface area contributed by atoms with Gasteiger partial charge >= 0.3 is 0 Å². The van der Waals surface area contributed by atoms with Gasteiger partial charge in [0, 0.05) is 50.9 Å². The molecule has 6 heteroatoms. The Morgan fingerprint density at radius 2 is 2.13 bits per heavy atom. The molecule has 6 nitrogen and oxygen atoms in total. The summed E-state index contributed by atoms with van der Waals surface area (Å²) in [6.45, 7) is 4.87. The molecule has 3 rings (SSSR count). The van der Waals surface area contributed by atoms with E-state index in [9.17, 15) is 9.59 Å². The lowest BCUT2D eigenvalue weighted by molar-refractivity contribution is -0.136. The topological polar surface area (TPSA) is 62.7 Å². The standard InChI is InChI=1S/C17H23N3O3/c1-13(21)19-8-9-23-16-12-20(7-5-14(16)11-19)17(22)10-15-4-2-3-6-18-15/h2-4,6,14,16H,5,7-12H2,1H3/t14-,16-/m1/s1. The van der Waals surface area contributed by atoms with Gasteiger partial charge in [0.2, 0.25) is 11.8 Å². The van der Waals surface area contributed by atoms with Crippen molar-refractivity contribution in [2.75, 3.05) is 32.8 Å². The zero-order chi connectivity index (χ0) is 16.2. The summed E-state index contributed by atoms with van der Waals surface area (Å²) in [5.41, 5.74) is 0.796. The number of hydrogen-bond donors (Lipinski definition) is 0. The zero-order valence-corrected chi connectivity index (χ0v) is 13.5. The Hall–Kier alpha value is -1.95. The summed E-state index contributed by atoms with van der Waals surface area (Å²) in [7, 11) is 0. The SMILES string of the molecule is CC(=O)N1CCO[C@@H]2CN(C(=O)Cc3ccccn3)CC[C@@H]2C1. The molecular formula is C17H23N3O3. The highest BCUT2D eigenvalue weighted by atomic mass is 16.5. The fourth-order valence-corrected chi connectivity index (χ4v) is 3.33. The lowest BCUT2D eigenvalue weighted by atomic mass is 9.93. The quantitative estimate of drug-likeness (QED) is 0.806. The molecule has 0 aromatic carbocycles. The first-order chi connectivity index (χ1) is 11.1. The summed E-state index contributed by atoms with van der Waals surface area (Å²) in [6, 6.07) is 5.61. The van der Waals surface area contributed by atoms with E-state index in [0.29, 0.717) is 32.0 Å². The number of rotatable bonds is 2. The highest BCUT2D eigenvalue weighted by Gasteiger charge is 2.35. The fourth-order valence-electron chi connectivity index (χ4n) is 3.33. The zero-order valence-electron chi connectivity index (χ0n) is 13.5. The van der Waals surface area contributed by atoms with Crippen LogP contribution in [-0.2, 0) is 20.7 Å². The molecule has 2 aliphatic heterocycles. The number of pyridine rings is 1. The first-order valence-corrected chi connectivity index (χ1v) is 8.18. The van der Waals surface area contributed by atoms with E-state index in [4.69, 9.17) is 4.74 Å². The number of ether oxygens (including phenoxy) is 1. The Balaban J connectivity index is 1.59. The number of nitrogens with zero attached hydrogens (tertiary/aromatic N) is 3. The Morgan fingerprint density at radius 3 is 2.87 bits per heavy atom. The van der Waals surface area contributed by atoms with Crippen molar-refractivity contribution in [3.8, 4) is 0 Å². The minimum Gasteiger partial charge on any atom is -0.374 e. The van der Waals surface area contributed by atoms with Crippen molar-refractivity contribution in [1.29, 1.82) is 0 Å². The van der Waals surface area contributed by atoms with Gasteiger partial charge in [-0.05, 0) is 18.6 Å². The largest absolute Gasteiger partial charge is 0.374 e. The highest BCUT2D eigenvalue weighted by molar-refractivity contribution is 5.78. The number of carbonyl (C=O) groups is 2. The predicted molar refractivity (Wildman–Crippen MR) is 84.6 cm³/mol. The summed E-state index contributed by atoms with van der Waals surface area (Å²) >= 11 is 0. The predicted octanol–water partition coefficient (Wildman–Crippen LogP) is 0.720. The second kappa shape index (κ2) is 7.08. The molecule has 1 aromatic rings. The first kappa shape index (κ1) is 15.9. The van der Waals surface area contributed by atoms with Crippen LogP contribution < -0.4 is 0 Å². The molecule has 2 amide bonds. The smallest absolute Gasteiger partial charge is 0.228 e. The van der Waals surface area contributed by atoms with Crippen LogP contribution in [0.4, 0.5) is 0 Å². The van der Waals surface area contributed by atoms with E-state index < -0.39 is 0 Å². The van der Waals surface area contributed by atoms with Gasteiger partial charge in [-0.2, -0.15) is 0 Å². The lowest BCUT2D eigenvalue weighted by Gasteiger charge is -2.38. The molecule has 0 radical (unpaired) electrons. The Kier molecular flexibility index (Phi) is 4.91. The molecule has 2 saturated heterocycles. The second-order valence-electron chi connectivity index (χ2n) is 6.26. The van der Waals surface area contributed by atoms with Gasteiger partial charge in [-0.1, -0.05) is 6.07 Å². The maximum Gasteiger partial charge on any atom is 0.228 e. The van der Waals surface area contributed by atoms with E-state index in [0.717, 1.165) is 25.2 Å². The third kappa shape index (κ3) is 3.88. The van der Waals surface area contributed by atoms with Crippen molar-refractivity contribution in [3.63, 3.8) is 0 Å². The van der Waals surface area contributed by atoms with E-state index in [2.05, 4.69) is 4.98 Å². The number of amides is 2. The molecule has 0 saturated carbocycles. The molecule has 0 unspecified atom stereocenters. The van der Waals surface area contributed by atoms with Crippen LogP contribution in [0.2, 0.25) is 0 Å². The molecule has 0 spiro atoms. The monoisotopic (exact) mass is 317 g/mol. The summed E-state index contributed by atoms with van der Waals surface area (Å²) < 4.78 is 5.91. The van der Waals surface area contributed by atoms with Gasteiger partial charge in [-0.25, -0.2) is 0 Å². The maximum atomic E-state index is 12.5. The van der Waals surface area contributed by atoms with E-state index in [1.807, 2.05) is 28.0 Å². The first-order valence-electron chi connectivity index (χ1n) is 8.18. The summed E-state index contributed by atoms with van der Waals surface area (Å²) in [5, 5.41) is 0. The van der Waals surface area contributed by atoms with Crippen LogP contribution in [0, 0.1) is 5.92 Å². The van der Waals surface area contributed by atoms with Crippen LogP contribution in [0.1, 0.15) is 19.0 Å². The molecule has 2 aliphatic rings. The summed E-state index contributed by atoms with van der Waals surface area (Å²) in [4.78, 5) is 32.0. The summed E-state index contributed by atoms with van der Waals surface area (Å²) in [5.74, 6) is 0.515. The number of hydrogen-bond acceptors (Lipinski definition) is 4. The van der Waals surface area contributed by atoms with E-state index in [-0.39, 0.29) is 17.9 Å². The van der Waals surface area contributed by atoms with Gasteiger partial charge in [0.25, 0.3) is 0 Å². The number of carbonyl (C=O) groups excluding carboxylic acids is 2. The van der Waals surface area contributed by atoms with Crippen LogP contribution in [0.15, 0.2) is 24.4 Å². The molecular weight excluding hydrogens is 294 g/mol.